The topological polar surface area (TPSA) is 37.3 Å². The third-order valence-electron chi connectivity index (χ3n) is 1.75. The minimum atomic E-state index is -0.0132. The molecule has 1 rings (SSSR count). The number of allylic oxidation sites excluding steroid dienone is 2. The summed E-state index contributed by atoms with van der Waals surface area (Å²) in [5.74, 6) is 0.193. The molecule has 13 heavy (non-hydrogen) atoms. The van der Waals surface area contributed by atoms with Crippen molar-refractivity contribution in [3.63, 3.8) is 0 Å². The number of para-hydroxylation sites is 1. The second-order valence-electron chi connectivity index (χ2n) is 2.96. The lowest BCUT2D eigenvalue weighted by Gasteiger charge is -2.02. The number of hydrogen-bond acceptors (Lipinski definition) is 2. The summed E-state index contributed by atoms with van der Waals surface area (Å²) < 4.78 is 0. The van der Waals surface area contributed by atoms with Gasteiger partial charge in [-0.25, -0.2) is 0 Å². The number of phenols is 1. The van der Waals surface area contributed by atoms with Crippen LogP contribution < -0.4 is 0 Å². The molecule has 1 aromatic carbocycles. The van der Waals surface area contributed by atoms with Gasteiger partial charge in [0.05, 0.1) is 0 Å². The predicted molar refractivity (Wildman–Crippen MR) is 52.4 cm³/mol. The highest BCUT2D eigenvalue weighted by Gasteiger charge is 2.01. The van der Waals surface area contributed by atoms with Gasteiger partial charge in [-0.1, -0.05) is 18.2 Å². The molecule has 0 heterocycles. The van der Waals surface area contributed by atoms with Crippen molar-refractivity contribution in [1.29, 1.82) is 0 Å². The van der Waals surface area contributed by atoms with Gasteiger partial charge in [0.1, 0.15) is 5.75 Å². The van der Waals surface area contributed by atoms with E-state index in [9.17, 15) is 9.90 Å². The molecule has 68 valence electrons. The minimum absolute atomic E-state index is 0.0132. The normalized spacial score (nSPS) is 11.4. The number of phenolic OH excluding ortho intramolecular Hbond substituents is 1. The first-order valence-electron chi connectivity index (χ1n) is 4.08. The Kier molecular flexibility index (Phi) is 2.85. The first-order chi connectivity index (χ1) is 6.11. The smallest absolute Gasteiger partial charge is 0.152 e. The van der Waals surface area contributed by atoms with Gasteiger partial charge in [0.15, 0.2) is 5.78 Å². The Morgan fingerprint density at radius 1 is 1.31 bits per heavy atom. The Morgan fingerprint density at radius 2 is 1.92 bits per heavy atom. The lowest BCUT2D eigenvalue weighted by atomic mass is 10.1. The average Bonchev–Trinajstić information content (AvgIpc) is 2.03. The van der Waals surface area contributed by atoms with E-state index in [0.717, 1.165) is 5.57 Å². The lowest BCUT2D eigenvalue weighted by molar-refractivity contribution is -0.112. The number of ketones is 1. The highest BCUT2D eigenvalue weighted by Crippen LogP contribution is 2.23. The Hall–Kier alpha value is -1.57. The van der Waals surface area contributed by atoms with E-state index in [-0.39, 0.29) is 11.5 Å². The van der Waals surface area contributed by atoms with E-state index < -0.39 is 0 Å². The van der Waals surface area contributed by atoms with Gasteiger partial charge >= 0.3 is 0 Å². The van der Waals surface area contributed by atoms with Gasteiger partial charge in [-0.05, 0) is 31.6 Å². The molecule has 0 saturated carbocycles. The maximum Gasteiger partial charge on any atom is 0.152 e. The monoisotopic (exact) mass is 176 g/mol. The van der Waals surface area contributed by atoms with Crippen molar-refractivity contribution >= 4 is 11.4 Å². The van der Waals surface area contributed by atoms with Gasteiger partial charge in [-0.2, -0.15) is 0 Å². The molecule has 0 aliphatic carbocycles. The summed E-state index contributed by atoms with van der Waals surface area (Å²) in [6.07, 6.45) is 1.51. The number of rotatable bonds is 2. The second-order valence-corrected chi connectivity index (χ2v) is 2.96. The summed E-state index contributed by atoms with van der Waals surface area (Å²) in [6.45, 7) is 3.29. The van der Waals surface area contributed by atoms with Crippen molar-refractivity contribution in [2.24, 2.45) is 0 Å². The van der Waals surface area contributed by atoms with Crippen LogP contribution in [0.3, 0.4) is 0 Å². The molecule has 0 fully saturated rings. The molecule has 2 nitrogen and oxygen atoms in total. The van der Waals surface area contributed by atoms with Crippen LogP contribution in [0.25, 0.3) is 5.57 Å². The van der Waals surface area contributed by atoms with E-state index in [1.54, 1.807) is 25.1 Å². The number of carbonyl (C=O) groups excluding carboxylic acids is 1. The number of hydrogen-bond donors (Lipinski definition) is 1. The molecule has 0 aromatic heterocycles. The summed E-state index contributed by atoms with van der Waals surface area (Å²) in [4.78, 5) is 10.8. The standard InChI is InChI=1S/C11H12O2/c1-8(7-9(2)12)10-5-3-4-6-11(10)13/h3-7,13H,1-2H3/b8-7+. The molecule has 0 saturated heterocycles. The molecule has 0 unspecified atom stereocenters. The molecule has 2 heteroatoms. The van der Waals surface area contributed by atoms with E-state index in [0.29, 0.717) is 5.56 Å². The molecule has 0 spiro atoms. The van der Waals surface area contributed by atoms with Crippen LogP contribution in [0, 0.1) is 0 Å². The molecule has 0 atom stereocenters. The Bertz CT molecular complexity index is 351. The van der Waals surface area contributed by atoms with Crippen LogP contribution in [0.4, 0.5) is 0 Å². The molecule has 0 aliphatic rings. The van der Waals surface area contributed by atoms with Crippen molar-refractivity contribution in [2.75, 3.05) is 0 Å². The number of carbonyl (C=O) groups is 1. The molecular formula is C11H12O2. The maximum atomic E-state index is 10.8. The van der Waals surface area contributed by atoms with Gasteiger partial charge in [-0.15, -0.1) is 0 Å². The van der Waals surface area contributed by atoms with Crippen LogP contribution in [-0.4, -0.2) is 10.9 Å². The molecule has 0 amide bonds. The summed E-state index contributed by atoms with van der Waals surface area (Å²) in [7, 11) is 0. The van der Waals surface area contributed by atoms with Gasteiger partial charge in [-0.3, -0.25) is 4.79 Å². The Balaban J connectivity index is 3.08. The highest BCUT2D eigenvalue weighted by molar-refractivity contribution is 5.95. The van der Waals surface area contributed by atoms with Crippen LogP contribution in [-0.2, 0) is 4.79 Å². The fraction of sp³-hybridized carbons (Fsp3) is 0.182. The molecule has 0 radical (unpaired) electrons. The molecule has 1 N–H and O–H groups in total. The predicted octanol–water partition coefficient (Wildman–Crippen LogP) is 2.38. The quantitative estimate of drug-likeness (QED) is 0.702. The van der Waals surface area contributed by atoms with E-state index in [1.165, 1.54) is 13.0 Å². The van der Waals surface area contributed by atoms with Crippen LogP contribution >= 0.6 is 0 Å². The second kappa shape index (κ2) is 3.90. The van der Waals surface area contributed by atoms with Crippen molar-refractivity contribution in [3.8, 4) is 5.75 Å². The fourth-order valence-corrected chi connectivity index (χ4v) is 1.19. The zero-order valence-electron chi connectivity index (χ0n) is 7.74. The van der Waals surface area contributed by atoms with Crippen molar-refractivity contribution < 1.29 is 9.90 Å². The van der Waals surface area contributed by atoms with Crippen molar-refractivity contribution in [2.45, 2.75) is 13.8 Å². The van der Waals surface area contributed by atoms with Crippen LogP contribution in [0.5, 0.6) is 5.75 Å². The van der Waals surface area contributed by atoms with Gasteiger partial charge in [0.25, 0.3) is 0 Å². The van der Waals surface area contributed by atoms with E-state index in [2.05, 4.69) is 0 Å². The maximum absolute atomic E-state index is 10.8. The number of benzene rings is 1. The fourth-order valence-electron chi connectivity index (χ4n) is 1.19. The van der Waals surface area contributed by atoms with Crippen molar-refractivity contribution in [1.82, 2.24) is 0 Å². The van der Waals surface area contributed by atoms with Crippen LogP contribution in [0.15, 0.2) is 30.3 Å². The number of aromatic hydroxyl groups is 1. The summed E-state index contributed by atoms with van der Waals surface area (Å²) in [6, 6.07) is 6.96. The Morgan fingerprint density at radius 3 is 2.46 bits per heavy atom. The summed E-state index contributed by atoms with van der Waals surface area (Å²) in [5, 5.41) is 9.44. The zero-order chi connectivity index (χ0) is 9.84. The van der Waals surface area contributed by atoms with Crippen LogP contribution in [0.1, 0.15) is 19.4 Å². The molecule has 0 aliphatic heterocycles. The molecule has 1 aromatic rings. The summed E-state index contributed by atoms with van der Waals surface area (Å²) >= 11 is 0. The van der Waals surface area contributed by atoms with E-state index >= 15 is 0 Å². The third-order valence-corrected chi connectivity index (χ3v) is 1.75. The lowest BCUT2D eigenvalue weighted by Crippen LogP contribution is -1.86. The first-order valence-corrected chi connectivity index (χ1v) is 4.08. The van der Waals surface area contributed by atoms with E-state index in [1.807, 2.05) is 6.07 Å². The SMILES string of the molecule is CC(=O)/C=C(\C)c1ccccc1O. The Labute approximate surface area is 77.5 Å². The van der Waals surface area contributed by atoms with Gasteiger partial charge in [0.2, 0.25) is 0 Å². The van der Waals surface area contributed by atoms with Crippen molar-refractivity contribution in [3.05, 3.63) is 35.9 Å². The van der Waals surface area contributed by atoms with Gasteiger partial charge in [0, 0.05) is 5.56 Å². The average molecular weight is 176 g/mol. The molecular weight excluding hydrogens is 164 g/mol. The minimum Gasteiger partial charge on any atom is -0.507 e. The van der Waals surface area contributed by atoms with Gasteiger partial charge < -0.3 is 5.11 Å². The van der Waals surface area contributed by atoms with Crippen LogP contribution in [0.2, 0.25) is 0 Å². The highest BCUT2D eigenvalue weighted by atomic mass is 16.3. The molecule has 0 bridgehead atoms. The summed E-state index contributed by atoms with van der Waals surface area (Å²) in [5.41, 5.74) is 1.49. The van der Waals surface area contributed by atoms with E-state index in [4.69, 9.17) is 0 Å². The first kappa shape index (κ1) is 9.52. The zero-order valence-corrected chi connectivity index (χ0v) is 7.74. The third kappa shape index (κ3) is 2.44. The largest absolute Gasteiger partial charge is 0.507 e.